The van der Waals surface area contributed by atoms with Crippen LogP contribution in [0.25, 0.3) is 0 Å². The van der Waals surface area contributed by atoms with Crippen LogP contribution in [-0.2, 0) is 11.3 Å². The van der Waals surface area contributed by atoms with E-state index in [0.29, 0.717) is 35.8 Å². The van der Waals surface area contributed by atoms with Crippen molar-refractivity contribution in [3.05, 3.63) is 88.4 Å². The maximum Gasteiger partial charge on any atom is 0.259 e. The Morgan fingerprint density at radius 2 is 1.77 bits per heavy atom. The van der Waals surface area contributed by atoms with E-state index in [1.165, 1.54) is 0 Å². The quantitative estimate of drug-likeness (QED) is 0.474. The number of halogens is 1. The summed E-state index contributed by atoms with van der Waals surface area (Å²) in [5.74, 6) is 0.857. The molecule has 3 rings (SSSR count). The van der Waals surface area contributed by atoms with Gasteiger partial charge in [-0.1, -0.05) is 46.3 Å². The van der Waals surface area contributed by atoms with Crippen molar-refractivity contribution in [1.82, 2.24) is 4.90 Å². The van der Waals surface area contributed by atoms with Gasteiger partial charge in [0, 0.05) is 30.2 Å². The number of nitrogens with one attached hydrogen (secondary N) is 1. The van der Waals surface area contributed by atoms with Crippen molar-refractivity contribution in [2.24, 2.45) is 0 Å². The number of hydrogen-bond donors (Lipinski definition) is 1. The molecule has 0 radical (unpaired) electrons. The summed E-state index contributed by atoms with van der Waals surface area (Å²) in [6, 6.07) is 22.1. The third kappa shape index (κ3) is 5.70. The molecule has 0 saturated carbocycles. The number of benzene rings is 3. The zero-order chi connectivity index (χ0) is 21.5. The third-order valence-corrected chi connectivity index (χ3v) is 5.03. The molecule has 0 aliphatic carbocycles. The maximum absolute atomic E-state index is 12.9. The predicted octanol–water partition coefficient (Wildman–Crippen LogP) is 5.86. The van der Waals surface area contributed by atoms with Crippen LogP contribution in [0.15, 0.2) is 77.3 Å². The minimum atomic E-state index is -0.267. The number of rotatable bonds is 7. The molecule has 2 amide bonds. The molecule has 0 aliphatic rings. The zero-order valence-electron chi connectivity index (χ0n) is 16.9. The van der Waals surface area contributed by atoms with Crippen molar-refractivity contribution in [3.8, 4) is 11.5 Å². The lowest BCUT2D eigenvalue weighted by atomic mass is 10.1. The van der Waals surface area contributed by atoms with Crippen LogP contribution in [0.4, 0.5) is 5.69 Å². The molecule has 0 saturated heterocycles. The van der Waals surface area contributed by atoms with Crippen molar-refractivity contribution >= 4 is 33.4 Å². The van der Waals surface area contributed by atoms with E-state index >= 15 is 0 Å². The summed E-state index contributed by atoms with van der Waals surface area (Å²) < 4.78 is 6.83. The molecule has 0 aromatic heterocycles. The summed E-state index contributed by atoms with van der Waals surface area (Å²) in [5.41, 5.74) is 2.04. The van der Waals surface area contributed by atoms with E-state index < -0.39 is 0 Å². The highest BCUT2D eigenvalue weighted by Gasteiger charge is 2.14. The summed E-state index contributed by atoms with van der Waals surface area (Å²) in [7, 11) is 0. The molecule has 0 unspecified atom stereocenters. The molecule has 1 N–H and O–H groups in total. The predicted molar refractivity (Wildman–Crippen MR) is 122 cm³/mol. The molecule has 0 heterocycles. The number of para-hydroxylation sites is 1. The molecule has 0 atom stereocenters. The lowest BCUT2D eigenvalue weighted by molar-refractivity contribution is -0.129. The highest BCUT2D eigenvalue weighted by molar-refractivity contribution is 9.10. The second kappa shape index (κ2) is 10.1. The monoisotopic (exact) mass is 466 g/mol. The van der Waals surface area contributed by atoms with Gasteiger partial charge in [0.1, 0.15) is 11.5 Å². The first-order chi connectivity index (χ1) is 14.5. The van der Waals surface area contributed by atoms with E-state index in [0.717, 1.165) is 10.0 Å². The molecular formula is C24H23BrN2O3. The Kier molecular flexibility index (Phi) is 7.25. The standard InChI is InChI=1S/C24H23BrN2O3/c1-3-27(17(2)28)16-18-8-6-10-20(14-18)26-24(29)22-12-4-5-13-23(22)30-21-11-7-9-19(25)15-21/h4-15H,3,16H2,1-2H3,(H,26,29). The molecular weight excluding hydrogens is 444 g/mol. The molecule has 154 valence electrons. The van der Waals surface area contributed by atoms with Crippen molar-refractivity contribution in [3.63, 3.8) is 0 Å². The lowest BCUT2D eigenvalue weighted by Gasteiger charge is -2.19. The van der Waals surface area contributed by atoms with Gasteiger partial charge in [0.2, 0.25) is 5.91 Å². The zero-order valence-corrected chi connectivity index (χ0v) is 18.5. The van der Waals surface area contributed by atoms with Gasteiger partial charge < -0.3 is 15.0 Å². The van der Waals surface area contributed by atoms with Gasteiger partial charge in [-0.2, -0.15) is 0 Å². The van der Waals surface area contributed by atoms with E-state index in [9.17, 15) is 9.59 Å². The molecule has 6 heteroatoms. The highest BCUT2D eigenvalue weighted by atomic mass is 79.9. The fourth-order valence-electron chi connectivity index (χ4n) is 3.01. The largest absolute Gasteiger partial charge is 0.456 e. The fourth-order valence-corrected chi connectivity index (χ4v) is 3.39. The molecule has 0 bridgehead atoms. The summed E-state index contributed by atoms with van der Waals surface area (Å²) in [4.78, 5) is 26.3. The summed E-state index contributed by atoms with van der Waals surface area (Å²) in [6.07, 6.45) is 0. The van der Waals surface area contributed by atoms with Gasteiger partial charge in [-0.05, 0) is 55.0 Å². The molecule has 0 aliphatic heterocycles. The molecule has 0 spiro atoms. The van der Waals surface area contributed by atoms with E-state index in [1.807, 2.05) is 61.5 Å². The van der Waals surface area contributed by atoms with Gasteiger partial charge in [0.05, 0.1) is 5.56 Å². The third-order valence-electron chi connectivity index (χ3n) is 4.54. The molecule has 3 aromatic carbocycles. The van der Waals surface area contributed by atoms with E-state index in [-0.39, 0.29) is 11.8 Å². The Morgan fingerprint density at radius 1 is 1.00 bits per heavy atom. The smallest absolute Gasteiger partial charge is 0.259 e. The van der Waals surface area contributed by atoms with Crippen LogP contribution >= 0.6 is 15.9 Å². The summed E-state index contributed by atoms with van der Waals surface area (Å²) in [5, 5.41) is 2.93. The lowest BCUT2D eigenvalue weighted by Crippen LogP contribution is -2.27. The minimum Gasteiger partial charge on any atom is -0.456 e. The molecule has 5 nitrogen and oxygen atoms in total. The van der Waals surface area contributed by atoms with E-state index in [1.54, 1.807) is 30.0 Å². The van der Waals surface area contributed by atoms with Crippen molar-refractivity contribution in [2.75, 3.05) is 11.9 Å². The van der Waals surface area contributed by atoms with Gasteiger partial charge >= 0.3 is 0 Å². The van der Waals surface area contributed by atoms with E-state index in [4.69, 9.17) is 4.74 Å². The Hall–Kier alpha value is -3.12. The minimum absolute atomic E-state index is 0.0190. The van der Waals surface area contributed by atoms with E-state index in [2.05, 4.69) is 21.2 Å². The fraction of sp³-hybridized carbons (Fsp3) is 0.167. The van der Waals surface area contributed by atoms with Crippen LogP contribution in [0.3, 0.4) is 0 Å². The second-order valence-corrected chi connectivity index (χ2v) is 7.66. The Labute approximate surface area is 184 Å². The van der Waals surface area contributed by atoms with Gasteiger partial charge in [0.25, 0.3) is 5.91 Å². The van der Waals surface area contributed by atoms with Gasteiger partial charge in [-0.3, -0.25) is 9.59 Å². The van der Waals surface area contributed by atoms with Crippen LogP contribution in [0.2, 0.25) is 0 Å². The maximum atomic E-state index is 12.9. The van der Waals surface area contributed by atoms with Crippen LogP contribution in [0.5, 0.6) is 11.5 Å². The number of carbonyl (C=O) groups excluding carboxylic acids is 2. The first kappa shape index (κ1) is 21.6. The van der Waals surface area contributed by atoms with Crippen LogP contribution < -0.4 is 10.1 Å². The SMILES string of the molecule is CCN(Cc1cccc(NC(=O)c2ccccc2Oc2cccc(Br)c2)c1)C(C)=O. The molecule has 30 heavy (non-hydrogen) atoms. The number of amides is 2. The average molecular weight is 467 g/mol. The number of hydrogen-bond acceptors (Lipinski definition) is 3. The van der Waals surface area contributed by atoms with Crippen LogP contribution in [-0.4, -0.2) is 23.3 Å². The van der Waals surface area contributed by atoms with Crippen molar-refractivity contribution in [1.29, 1.82) is 0 Å². The second-order valence-electron chi connectivity index (χ2n) is 6.74. The number of carbonyl (C=O) groups is 2. The van der Waals surface area contributed by atoms with Gasteiger partial charge in [0.15, 0.2) is 0 Å². The Morgan fingerprint density at radius 3 is 2.50 bits per heavy atom. The van der Waals surface area contributed by atoms with Gasteiger partial charge in [-0.15, -0.1) is 0 Å². The highest BCUT2D eigenvalue weighted by Crippen LogP contribution is 2.28. The summed E-state index contributed by atoms with van der Waals surface area (Å²) >= 11 is 3.42. The molecule has 0 fully saturated rings. The topological polar surface area (TPSA) is 58.6 Å². The van der Waals surface area contributed by atoms with Crippen LogP contribution in [0, 0.1) is 0 Å². The number of anilines is 1. The Bertz CT molecular complexity index is 1050. The van der Waals surface area contributed by atoms with Crippen molar-refractivity contribution < 1.29 is 14.3 Å². The average Bonchev–Trinajstić information content (AvgIpc) is 2.72. The number of nitrogens with zero attached hydrogens (tertiary/aromatic N) is 1. The normalized spacial score (nSPS) is 10.4. The Balaban J connectivity index is 1.77. The van der Waals surface area contributed by atoms with Gasteiger partial charge in [-0.25, -0.2) is 0 Å². The summed E-state index contributed by atoms with van der Waals surface area (Å²) in [6.45, 7) is 4.62. The molecule has 3 aromatic rings. The number of ether oxygens (including phenoxy) is 1. The van der Waals surface area contributed by atoms with Crippen molar-refractivity contribution in [2.45, 2.75) is 20.4 Å². The van der Waals surface area contributed by atoms with Crippen LogP contribution in [0.1, 0.15) is 29.8 Å². The first-order valence-corrected chi connectivity index (χ1v) is 10.4. The first-order valence-electron chi connectivity index (χ1n) is 9.64.